The molecular formula is C17H25N3O2. The quantitative estimate of drug-likeness (QED) is 0.618. The van der Waals surface area contributed by atoms with Crippen molar-refractivity contribution in [3.8, 4) is 5.75 Å². The molecule has 0 saturated carbocycles. The monoisotopic (exact) mass is 303 g/mol. The minimum atomic E-state index is 0.217. The van der Waals surface area contributed by atoms with E-state index in [1.807, 2.05) is 23.1 Å². The molecule has 1 fully saturated rings. The molecule has 1 aliphatic rings. The molecule has 2 rings (SSSR count). The summed E-state index contributed by atoms with van der Waals surface area (Å²) in [6.07, 6.45) is 3.93. The molecule has 1 aromatic carbocycles. The van der Waals surface area contributed by atoms with E-state index >= 15 is 0 Å². The third kappa shape index (κ3) is 4.77. The van der Waals surface area contributed by atoms with Crippen LogP contribution in [0.4, 0.5) is 5.69 Å². The van der Waals surface area contributed by atoms with Crippen molar-refractivity contribution < 1.29 is 9.53 Å². The SMILES string of the molecule is C=CCOc1ccc(CCC(=O)N2CCCNCC2)cc1N. The Bertz CT molecular complexity index is 509. The molecule has 0 bridgehead atoms. The molecule has 120 valence electrons. The van der Waals surface area contributed by atoms with Crippen molar-refractivity contribution in [1.29, 1.82) is 0 Å². The summed E-state index contributed by atoms with van der Waals surface area (Å²) in [5.74, 6) is 0.878. The Morgan fingerprint density at radius 1 is 1.41 bits per heavy atom. The van der Waals surface area contributed by atoms with Gasteiger partial charge in [0, 0.05) is 26.1 Å². The van der Waals surface area contributed by atoms with Crippen LogP contribution in [-0.4, -0.2) is 43.6 Å². The van der Waals surface area contributed by atoms with Gasteiger partial charge in [-0.25, -0.2) is 0 Å². The number of anilines is 1. The minimum absolute atomic E-state index is 0.217. The number of aryl methyl sites for hydroxylation is 1. The topological polar surface area (TPSA) is 67.6 Å². The zero-order chi connectivity index (χ0) is 15.8. The third-order valence-corrected chi connectivity index (χ3v) is 3.75. The predicted molar refractivity (Wildman–Crippen MR) is 88.9 cm³/mol. The summed E-state index contributed by atoms with van der Waals surface area (Å²) in [7, 11) is 0. The van der Waals surface area contributed by atoms with E-state index in [0.717, 1.165) is 38.2 Å². The van der Waals surface area contributed by atoms with Crippen molar-refractivity contribution in [2.24, 2.45) is 0 Å². The lowest BCUT2D eigenvalue weighted by Crippen LogP contribution is -2.34. The van der Waals surface area contributed by atoms with Gasteiger partial charge < -0.3 is 20.7 Å². The molecular weight excluding hydrogens is 278 g/mol. The average molecular weight is 303 g/mol. The fourth-order valence-corrected chi connectivity index (χ4v) is 2.54. The number of nitrogens with two attached hydrogens (primary N) is 1. The van der Waals surface area contributed by atoms with E-state index in [-0.39, 0.29) is 5.91 Å². The molecule has 0 radical (unpaired) electrons. The van der Waals surface area contributed by atoms with Gasteiger partial charge in [-0.15, -0.1) is 0 Å². The van der Waals surface area contributed by atoms with Gasteiger partial charge in [0.2, 0.25) is 5.91 Å². The number of rotatable bonds is 6. The highest BCUT2D eigenvalue weighted by Gasteiger charge is 2.15. The van der Waals surface area contributed by atoms with Crippen LogP contribution in [0.3, 0.4) is 0 Å². The summed E-state index contributed by atoms with van der Waals surface area (Å²) >= 11 is 0. The average Bonchev–Trinajstić information content (AvgIpc) is 2.81. The number of nitrogen functional groups attached to an aromatic ring is 1. The van der Waals surface area contributed by atoms with E-state index in [1.165, 1.54) is 0 Å². The maximum atomic E-state index is 12.2. The summed E-state index contributed by atoms with van der Waals surface area (Å²) in [6.45, 7) is 7.57. The van der Waals surface area contributed by atoms with Crippen molar-refractivity contribution in [3.05, 3.63) is 36.4 Å². The fourth-order valence-electron chi connectivity index (χ4n) is 2.54. The first-order chi connectivity index (χ1) is 10.7. The molecule has 0 unspecified atom stereocenters. The van der Waals surface area contributed by atoms with Crippen LogP contribution in [0, 0.1) is 0 Å². The van der Waals surface area contributed by atoms with E-state index in [0.29, 0.717) is 30.9 Å². The Hall–Kier alpha value is -2.01. The van der Waals surface area contributed by atoms with E-state index in [9.17, 15) is 4.79 Å². The van der Waals surface area contributed by atoms with Crippen LogP contribution in [0.25, 0.3) is 0 Å². The van der Waals surface area contributed by atoms with Crippen molar-refractivity contribution >= 4 is 11.6 Å². The summed E-state index contributed by atoms with van der Waals surface area (Å²) in [4.78, 5) is 14.2. The first-order valence-corrected chi connectivity index (χ1v) is 7.81. The lowest BCUT2D eigenvalue weighted by Gasteiger charge is -2.20. The molecule has 5 nitrogen and oxygen atoms in total. The van der Waals surface area contributed by atoms with Gasteiger partial charge in [0.05, 0.1) is 5.69 Å². The second-order valence-electron chi connectivity index (χ2n) is 5.46. The number of nitrogens with one attached hydrogen (secondary N) is 1. The summed E-state index contributed by atoms with van der Waals surface area (Å²) in [6, 6.07) is 5.70. The van der Waals surface area contributed by atoms with Gasteiger partial charge >= 0.3 is 0 Å². The van der Waals surface area contributed by atoms with E-state index in [1.54, 1.807) is 6.08 Å². The van der Waals surface area contributed by atoms with Gasteiger partial charge in [0.1, 0.15) is 12.4 Å². The zero-order valence-electron chi connectivity index (χ0n) is 13.0. The molecule has 22 heavy (non-hydrogen) atoms. The smallest absolute Gasteiger partial charge is 0.222 e. The van der Waals surface area contributed by atoms with Crippen molar-refractivity contribution in [3.63, 3.8) is 0 Å². The molecule has 0 atom stereocenters. The molecule has 0 spiro atoms. The van der Waals surface area contributed by atoms with Crippen molar-refractivity contribution in [2.45, 2.75) is 19.3 Å². The maximum absolute atomic E-state index is 12.2. The molecule has 1 saturated heterocycles. The number of hydrogen-bond donors (Lipinski definition) is 2. The molecule has 1 amide bonds. The number of nitrogens with zero attached hydrogens (tertiary/aromatic N) is 1. The first kappa shape index (κ1) is 16.4. The number of benzene rings is 1. The highest BCUT2D eigenvalue weighted by atomic mass is 16.5. The number of ether oxygens (including phenoxy) is 1. The molecule has 3 N–H and O–H groups in total. The van der Waals surface area contributed by atoms with Crippen LogP contribution in [0.5, 0.6) is 5.75 Å². The normalized spacial score (nSPS) is 15.2. The Morgan fingerprint density at radius 2 is 2.27 bits per heavy atom. The van der Waals surface area contributed by atoms with Crippen LogP contribution in [0.15, 0.2) is 30.9 Å². The molecule has 0 aliphatic carbocycles. The van der Waals surface area contributed by atoms with Crippen LogP contribution in [0.2, 0.25) is 0 Å². The molecule has 1 aliphatic heterocycles. The second-order valence-corrected chi connectivity index (χ2v) is 5.46. The number of carbonyl (C=O) groups is 1. The Kier molecular flexibility index (Phi) is 6.27. The highest BCUT2D eigenvalue weighted by Crippen LogP contribution is 2.23. The van der Waals surface area contributed by atoms with Gasteiger partial charge in [0.15, 0.2) is 0 Å². The first-order valence-electron chi connectivity index (χ1n) is 7.81. The highest BCUT2D eigenvalue weighted by molar-refractivity contribution is 5.76. The zero-order valence-corrected chi connectivity index (χ0v) is 13.0. The second kappa shape index (κ2) is 8.44. The van der Waals surface area contributed by atoms with Crippen molar-refractivity contribution in [1.82, 2.24) is 10.2 Å². The standard InChI is InChI=1S/C17H25N3O2/c1-2-12-22-16-6-4-14(13-15(16)18)5-7-17(21)20-10-3-8-19-9-11-20/h2,4,6,13,19H,1,3,5,7-12,18H2. The minimum Gasteiger partial charge on any atom is -0.487 e. The van der Waals surface area contributed by atoms with Crippen LogP contribution < -0.4 is 15.8 Å². The molecule has 1 heterocycles. The third-order valence-electron chi connectivity index (χ3n) is 3.75. The molecule has 5 heteroatoms. The molecule has 0 aromatic heterocycles. The maximum Gasteiger partial charge on any atom is 0.222 e. The Labute approximate surface area is 132 Å². The van der Waals surface area contributed by atoms with E-state index in [4.69, 9.17) is 10.5 Å². The Balaban J connectivity index is 1.86. The Morgan fingerprint density at radius 3 is 3.05 bits per heavy atom. The molecule has 1 aromatic rings. The summed E-state index contributed by atoms with van der Waals surface area (Å²) in [5.41, 5.74) is 7.63. The van der Waals surface area contributed by atoms with Gasteiger partial charge in [0.25, 0.3) is 0 Å². The van der Waals surface area contributed by atoms with Crippen LogP contribution >= 0.6 is 0 Å². The predicted octanol–water partition coefficient (Wildman–Crippen LogP) is 1.59. The van der Waals surface area contributed by atoms with Crippen LogP contribution in [0.1, 0.15) is 18.4 Å². The fraction of sp³-hybridized carbons (Fsp3) is 0.471. The van der Waals surface area contributed by atoms with E-state index < -0.39 is 0 Å². The largest absolute Gasteiger partial charge is 0.487 e. The van der Waals surface area contributed by atoms with Gasteiger partial charge in [-0.2, -0.15) is 0 Å². The lowest BCUT2D eigenvalue weighted by atomic mass is 10.1. The summed E-state index contributed by atoms with van der Waals surface area (Å²) < 4.78 is 5.45. The van der Waals surface area contributed by atoms with Gasteiger partial charge in [-0.3, -0.25) is 4.79 Å². The van der Waals surface area contributed by atoms with E-state index in [2.05, 4.69) is 11.9 Å². The van der Waals surface area contributed by atoms with Gasteiger partial charge in [-0.05, 0) is 37.1 Å². The number of hydrogen-bond acceptors (Lipinski definition) is 4. The van der Waals surface area contributed by atoms with Crippen LogP contribution in [-0.2, 0) is 11.2 Å². The number of amides is 1. The van der Waals surface area contributed by atoms with Gasteiger partial charge in [-0.1, -0.05) is 18.7 Å². The number of carbonyl (C=O) groups excluding carboxylic acids is 1. The summed E-state index contributed by atoms with van der Waals surface area (Å²) in [5, 5.41) is 3.30. The lowest BCUT2D eigenvalue weighted by molar-refractivity contribution is -0.130. The van der Waals surface area contributed by atoms with Crippen molar-refractivity contribution in [2.75, 3.05) is 38.5 Å².